The monoisotopic (exact) mass is 520 g/mol. The summed E-state index contributed by atoms with van der Waals surface area (Å²) in [5, 5.41) is 9.51. The van der Waals surface area contributed by atoms with E-state index in [4.69, 9.17) is 19.4 Å². The van der Waals surface area contributed by atoms with Crippen molar-refractivity contribution in [2.75, 3.05) is 25.6 Å². The smallest absolute Gasteiger partial charge is 0.490 e. The Morgan fingerprint density at radius 2 is 1.86 bits per heavy atom. The first-order valence-electron chi connectivity index (χ1n) is 10.1. The fraction of sp³-hybridized carbons (Fsp3) is 0.333. The van der Waals surface area contributed by atoms with E-state index in [2.05, 4.69) is 15.3 Å². The molecule has 1 saturated heterocycles. The number of fused-ring (bicyclic) bond motifs is 1. The summed E-state index contributed by atoms with van der Waals surface area (Å²) in [6, 6.07) is 4.90. The summed E-state index contributed by atoms with van der Waals surface area (Å²) in [5.41, 5.74) is 0.501. The Morgan fingerprint density at radius 3 is 2.42 bits per heavy atom. The van der Waals surface area contributed by atoms with E-state index in [1.807, 2.05) is 6.20 Å². The Bertz CT molecular complexity index is 1250. The minimum absolute atomic E-state index is 0.144. The molecule has 1 amide bonds. The Labute approximate surface area is 198 Å². The molecular formula is C21H18F6N4O5. The molecule has 2 N–H and O–H groups in total. The maximum Gasteiger partial charge on any atom is 0.490 e. The van der Waals surface area contributed by atoms with E-state index in [0.29, 0.717) is 18.9 Å². The van der Waals surface area contributed by atoms with Crippen LogP contribution in [-0.4, -0.2) is 57.9 Å². The van der Waals surface area contributed by atoms with Gasteiger partial charge in [-0.15, -0.1) is 0 Å². The summed E-state index contributed by atoms with van der Waals surface area (Å²) >= 11 is 0. The van der Waals surface area contributed by atoms with Gasteiger partial charge in [0.15, 0.2) is 0 Å². The molecule has 4 heterocycles. The Kier molecular flexibility index (Phi) is 7.71. The van der Waals surface area contributed by atoms with Crippen molar-refractivity contribution in [1.82, 2.24) is 14.4 Å². The quantitative estimate of drug-likeness (QED) is 0.497. The lowest BCUT2D eigenvalue weighted by Gasteiger charge is -2.11. The van der Waals surface area contributed by atoms with Gasteiger partial charge in [-0.1, -0.05) is 6.07 Å². The molecule has 0 bridgehead atoms. The number of amides is 1. The zero-order chi connectivity index (χ0) is 26.7. The molecule has 9 nitrogen and oxygen atoms in total. The van der Waals surface area contributed by atoms with Crippen molar-refractivity contribution in [1.29, 1.82) is 0 Å². The van der Waals surface area contributed by atoms with Crippen LogP contribution in [0, 0.1) is 0 Å². The molecule has 15 heteroatoms. The molecule has 194 valence electrons. The predicted molar refractivity (Wildman–Crippen MR) is 111 cm³/mol. The highest BCUT2D eigenvalue weighted by Gasteiger charge is 2.38. The van der Waals surface area contributed by atoms with Crippen molar-refractivity contribution in [3.05, 3.63) is 53.6 Å². The first kappa shape index (κ1) is 26.7. The van der Waals surface area contributed by atoms with Gasteiger partial charge in [-0.3, -0.25) is 4.79 Å². The Balaban J connectivity index is 0.000000454. The number of alkyl halides is 6. The topological polar surface area (TPSA) is 115 Å². The van der Waals surface area contributed by atoms with Crippen molar-refractivity contribution in [3.63, 3.8) is 0 Å². The number of hydrogen-bond donors (Lipinski definition) is 2. The third-order valence-electron chi connectivity index (χ3n) is 4.91. The standard InChI is InChI=1S/C19H17F3N4O3.C2HF3O2/c1-28-14-7-17-23-13(11-5-6-29-10-11)9-26(17)8-12(14)18(27)25-16-4-2-3-15(24-16)19(20,21)22;3-2(4,5)1(6)7/h2-4,7-9,11H,5-6,10H2,1H3,(H,24,25,27);(H,6,7). The van der Waals surface area contributed by atoms with E-state index in [1.54, 1.807) is 10.5 Å². The molecule has 1 aliphatic rings. The van der Waals surface area contributed by atoms with Gasteiger partial charge in [0, 0.05) is 31.0 Å². The molecule has 4 rings (SSSR count). The van der Waals surface area contributed by atoms with Crippen molar-refractivity contribution in [2.24, 2.45) is 0 Å². The van der Waals surface area contributed by atoms with E-state index in [0.717, 1.165) is 18.2 Å². The number of ether oxygens (including phenoxy) is 2. The minimum Gasteiger partial charge on any atom is -0.496 e. The maximum absolute atomic E-state index is 12.8. The fourth-order valence-electron chi connectivity index (χ4n) is 3.19. The summed E-state index contributed by atoms with van der Waals surface area (Å²) in [7, 11) is 1.40. The lowest BCUT2D eigenvalue weighted by Crippen LogP contribution is -2.21. The largest absolute Gasteiger partial charge is 0.496 e. The average molecular weight is 520 g/mol. The van der Waals surface area contributed by atoms with Crippen LogP contribution < -0.4 is 10.1 Å². The number of anilines is 1. The zero-order valence-corrected chi connectivity index (χ0v) is 18.4. The van der Waals surface area contributed by atoms with Gasteiger partial charge >= 0.3 is 18.3 Å². The molecule has 1 fully saturated rings. The summed E-state index contributed by atoms with van der Waals surface area (Å²) in [4.78, 5) is 29.6. The number of aliphatic carboxylic acids is 1. The van der Waals surface area contributed by atoms with Crippen molar-refractivity contribution >= 4 is 23.3 Å². The molecule has 3 aromatic rings. The Hall–Kier alpha value is -3.88. The maximum atomic E-state index is 12.8. The molecule has 0 saturated carbocycles. The number of pyridine rings is 2. The first-order valence-corrected chi connectivity index (χ1v) is 10.1. The fourth-order valence-corrected chi connectivity index (χ4v) is 3.19. The zero-order valence-electron chi connectivity index (χ0n) is 18.4. The number of carbonyl (C=O) groups excluding carboxylic acids is 1. The molecule has 0 spiro atoms. The SMILES string of the molecule is COc1cc2nc(C3CCOC3)cn2cc1C(=O)Nc1cccc(C(F)(F)F)n1.O=C(O)C(F)(F)F. The van der Waals surface area contributed by atoms with Crippen LogP contribution in [0.5, 0.6) is 5.75 Å². The number of halogens is 6. The van der Waals surface area contributed by atoms with Crippen LogP contribution in [0.1, 0.15) is 34.1 Å². The van der Waals surface area contributed by atoms with Crippen LogP contribution in [0.15, 0.2) is 36.7 Å². The van der Waals surface area contributed by atoms with Crippen LogP contribution in [0.2, 0.25) is 0 Å². The number of aromatic nitrogens is 3. The summed E-state index contributed by atoms with van der Waals surface area (Å²) in [6.07, 6.45) is -5.47. The highest BCUT2D eigenvalue weighted by Crippen LogP contribution is 2.29. The molecule has 1 aliphatic heterocycles. The molecule has 1 unspecified atom stereocenters. The number of nitrogens with one attached hydrogen (secondary N) is 1. The van der Waals surface area contributed by atoms with Crippen molar-refractivity contribution in [2.45, 2.75) is 24.7 Å². The van der Waals surface area contributed by atoms with Gasteiger partial charge in [-0.05, 0) is 18.6 Å². The van der Waals surface area contributed by atoms with Crippen molar-refractivity contribution < 1.29 is 50.5 Å². The number of imidazole rings is 1. The average Bonchev–Trinajstić information content (AvgIpc) is 3.47. The van der Waals surface area contributed by atoms with Gasteiger partial charge in [0.2, 0.25) is 0 Å². The van der Waals surface area contributed by atoms with E-state index in [-0.39, 0.29) is 23.0 Å². The minimum atomic E-state index is -5.08. The number of carboxylic acid groups (broad SMARTS) is 1. The van der Waals surface area contributed by atoms with Gasteiger partial charge in [0.25, 0.3) is 5.91 Å². The van der Waals surface area contributed by atoms with Gasteiger partial charge in [0.1, 0.15) is 22.9 Å². The van der Waals surface area contributed by atoms with E-state index in [9.17, 15) is 31.1 Å². The Morgan fingerprint density at radius 1 is 1.17 bits per heavy atom. The number of carboxylic acids is 1. The first-order chi connectivity index (χ1) is 16.8. The van der Waals surface area contributed by atoms with Crippen LogP contribution in [0.25, 0.3) is 5.65 Å². The van der Waals surface area contributed by atoms with E-state index < -0.39 is 29.9 Å². The highest BCUT2D eigenvalue weighted by molar-refractivity contribution is 6.05. The third-order valence-corrected chi connectivity index (χ3v) is 4.91. The summed E-state index contributed by atoms with van der Waals surface area (Å²) in [6.45, 7) is 1.27. The van der Waals surface area contributed by atoms with E-state index in [1.165, 1.54) is 25.4 Å². The van der Waals surface area contributed by atoms with Gasteiger partial charge < -0.3 is 24.3 Å². The van der Waals surface area contributed by atoms with Gasteiger partial charge in [0.05, 0.1) is 25.0 Å². The lowest BCUT2D eigenvalue weighted by molar-refractivity contribution is -0.192. The molecule has 0 radical (unpaired) electrons. The summed E-state index contributed by atoms with van der Waals surface area (Å²) in [5.74, 6) is -3.17. The third kappa shape index (κ3) is 6.41. The molecule has 0 aliphatic carbocycles. The number of nitrogens with zero attached hydrogens (tertiary/aromatic N) is 3. The second-order valence-corrected chi connectivity index (χ2v) is 7.41. The summed E-state index contributed by atoms with van der Waals surface area (Å²) < 4.78 is 82.6. The molecular weight excluding hydrogens is 502 g/mol. The number of rotatable bonds is 4. The highest BCUT2D eigenvalue weighted by atomic mass is 19.4. The van der Waals surface area contributed by atoms with Crippen LogP contribution in [0.3, 0.4) is 0 Å². The number of methoxy groups -OCH3 is 1. The normalized spacial score (nSPS) is 15.8. The van der Waals surface area contributed by atoms with Crippen LogP contribution >= 0.6 is 0 Å². The second kappa shape index (κ2) is 10.4. The molecule has 3 aromatic heterocycles. The second-order valence-electron chi connectivity index (χ2n) is 7.41. The van der Waals surface area contributed by atoms with Crippen LogP contribution in [-0.2, 0) is 15.7 Å². The van der Waals surface area contributed by atoms with Gasteiger partial charge in [-0.25, -0.2) is 14.8 Å². The molecule has 1 atom stereocenters. The predicted octanol–water partition coefficient (Wildman–Crippen LogP) is 4.15. The van der Waals surface area contributed by atoms with Crippen molar-refractivity contribution in [3.8, 4) is 5.75 Å². The molecule has 0 aromatic carbocycles. The number of hydrogen-bond acceptors (Lipinski definition) is 6. The molecule has 36 heavy (non-hydrogen) atoms. The lowest BCUT2D eigenvalue weighted by atomic mass is 10.1. The van der Waals surface area contributed by atoms with Crippen LogP contribution in [0.4, 0.5) is 32.2 Å². The van der Waals surface area contributed by atoms with Gasteiger partial charge in [-0.2, -0.15) is 26.3 Å². The number of carbonyl (C=O) groups is 2. The van der Waals surface area contributed by atoms with E-state index >= 15 is 0 Å².